The molecule has 304 valence electrons. The molecule has 2 saturated heterocycles. The molecule has 0 spiro atoms. The highest BCUT2D eigenvalue weighted by Gasteiger charge is 2.50. The van der Waals surface area contributed by atoms with Crippen LogP contribution in [0.25, 0.3) is 33.5 Å². The predicted molar refractivity (Wildman–Crippen MR) is 207 cm³/mol. The standard InChI is InChI=1S/C16H17Cl2N3O5.C11H11Cl2N3O4.C6H3Cl2N3/c1-4-10-13(24-7(2)22)14(25-8(3)23)16(26-10)21-6-19-12-9(17)5-11(18)20-15(12)21;12-4-1-6(13)15-10-7(4)14-3-16(10)11-9(19)8(18)5(2-17)20-11;7-3-1-4(8)11-6-5(3)9-2-10-6/h5-6,10,13-14,16H,4H2,1-3H3;1,3,5,8-9,11,17-19H,2H2;1-2H,(H,9,10,11)/t10-,13-,14?,16-;5-,8-,9?,11-;/m11./s1. The molecule has 8 heterocycles. The lowest BCUT2D eigenvalue weighted by atomic mass is 10.1. The number of carbonyl (C=O) groups is 2. The molecule has 6 aromatic rings. The van der Waals surface area contributed by atoms with E-state index in [4.69, 9.17) is 93.7 Å². The van der Waals surface area contributed by atoms with Crippen LogP contribution in [0.5, 0.6) is 0 Å². The number of H-pyrrole nitrogens is 1. The zero-order valence-corrected chi connectivity index (χ0v) is 34.2. The van der Waals surface area contributed by atoms with Gasteiger partial charge in [0.05, 0.1) is 40.7 Å². The summed E-state index contributed by atoms with van der Waals surface area (Å²) in [7, 11) is 0. The number of esters is 2. The number of aliphatic hydroxyl groups is 3. The summed E-state index contributed by atoms with van der Waals surface area (Å²) < 4.78 is 25.2. The summed E-state index contributed by atoms with van der Waals surface area (Å²) in [5.74, 6) is -1.01. The average molecular weight is 910 g/mol. The fourth-order valence-electron chi connectivity index (χ4n) is 6.13. The number of aliphatic hydroxyl groups excluding tert-OH is 3. The van der Waals surface area contributed by atoms with Crippen molar-refractivity contribution >= 4 is 115 Å². The summed E-state index contributed by atoms with van der Waals surface area (Å²) in [4.78, 5) is 50.5. The van der Waals surface area contributed by atoms with E-state index < -0.39 is 67.6 Å². The summed E-state index contributed by atoms with van der Waals surface area (Å²) in [6.07, 6.45) is -2.13. The number of pyridine rings is 3. The number of hydrogen-bond acceptors (Lipinski definition) is 15. The van der Waals surface area contributed by atoms with Crippen LogP contribution >= 0.6 is 69.6 Å². The summed E-state index contributed by atoms with van der Waals surface area (Å²) in [6, 6.07) is 4.52. The smallest absolute Gasteiger partial charge is 0.303 e. The number of nitrogens with zero attached hydrogens (tertiary/aromatic N) is 8. The van der Waals surface area contributed by atoms with E-state index in [2.05, 4.69) is 34.9 Å². The number of ether oxygens (including phenoxy) is 4. The van der Waals surface area contributed by atoms with Crippen molar-refractivity contribution in [1.82, 2.24) is 44.0 Å². The first kappa shape index (κ1) is 42.9. The van der Waals surface area contributed by atoms with Crippen molar-refractivity contribution in [3.05, 3.63) is 67.7 Å². The van der Waals surface area contributed by atoms with Crippen LogP contribution in [0, 0.1) is 0 Å². The van der Waals surface area contributed by atoms with E-state index in [0.717, 1.165) is 5.52 Å². The lowest BCUT2D eigenvalue weighted by Gasteiger charge is -2.23. The molecule has 0 bridgehead atoms. The third-order valence-corrected chi connectivity index (χ3v) is 10.0. The molecule has 2 fully saturated rings. The summed E-state index contributed by atoms with van der Waals surface area (Å²) in [6.45, 7) is 4.04. The molecule has 24 heteroatoms. The van der Waals surface area contributed by atoms with Crippen molar-refractivity contribution in [2.75, 3.05) is 6.61 Å². The van der Waals surface area contributed by atoms with Crippen molar-refractivity contribution in [1.29, 1.82) is 0 Å². The van der Waals surface area contributed by atoms with Crippen molar-refractivity contribution in [3.8, 4) is 0 Å². The van der Waals surface area contributed by atoms with Gasteiger partial charge in [-0.3, -0.25) is 18.7 Å². The van der Waals surface area contributed by atoms with E-state index in [1.807, 2.05) is 6.92 Å². The molecule has 0 aromatic carbocycles. The molecule has 0 aliphatic carbocycles. The van der Waals surface area contributed by atoms with Crippen LogP contribution in [0.2, 0.25) is 30.5 Å². The Hall–Kier alpha value is -3.66. The molecular weight excluding hydrogens is 879 g/mol. The monoisotopic (exact) mass is 907 g/mol. The highest BCUT2D eigenvalue weighted by molar-refractivity contribution is 6.38. The average Bonchev–Trinajstić information content (AvgIpc) is 3.97. The number of rotatable bonds is 6. The van der Waals surface area contributed by atoms with Gasteiger partial charge in [-0.2, -0.15) is 0 Å². The lowest BCUT2D eigenvalue weighted by Crippen LogP contribution is -2.38. The van der Waals surface area contributed by atoms with Gasteiger partial charge in [0, 0.05) is 13.8 Å². The molecule has 0 saturated carbocycles. The number of carbonyl (C=O) groups excluding carboxylic acids is 2. The summed E-state index contributed by atoms with van der Waals surface area (Å²) in [5, 5.41) is 30.8. The van der Waals surface area contributed by atoms with Crippen LogP contribution in [0.1, 0.15) is 39.6 Å². The number of fused-ring (bicyclic) bond motifs is 3. The first-order valence-electron chi connectivity index (χ1n) is 16.8. The molecule has 18 nitrogen and oxygen atoms in total. The fraction of sp³-hybridized carbons (Fsp3) is 0.394. The van der Waals surface area contributed by atoms with Crippen molar-refractivity contribution in [2.45, 2.75) is 76.3 Å². The van der Waals surface area contributed by atoms with Gasteiger partial charge in [0.15, 0.2) is 41.6 Å². The van der Waals surface area contributed by atoms with Gasteiger partial charge >= 0.3 is 11.9 Å². The Labute approximate surface area is 351 Å². The molecule has 0 radical (unpaired) electrons. The highest BCUT2D eigenvalue weighted by atomic mass is 35.5. The van der Waals surface area contributed by atoms with Crippen LogP contribution < -0.4 is 0 Å². The minimum atomic E-state index is -1.22. The first-order valence-corrected chi connectivity index (χ1v) is 19.0. The third kappa shape index (κ3) is 9.16. The zero-order valence-electron chi connectivity index (χ0n) is 29.6. The van der Waals surface area contributed by atoms with Gasteiger partial charge in [0.2, 0.25) is 0 Å². The van der Waals surface area contributed by atoms with Crippen LogP contribution in [-0.2, 0) is 28.5 Å². The van der Waals surface area contributed by atoms with E-state index in [9.17, 15) is 19.8 Å². The van der Waals surface area contributed by atoms with Crippen molar-refractivity contribution in [3.63, 3.8) is 0 Å². The van der Waals surface area contributed by atoms with Crippen molar-refractivity contribution < 1.29 is 43.9 Å². The second kappa shape index (κ2) is 18.1. The number of aromatic amines is 1. The number of halogens is 6. The second-order valence-corrected chi connectivity index (χ2v) is 14.8. The normalized spacial score (nSPS) is 24.3. The fourth-order valence-corrected chi connectivity index (χ4v) is 7.58. The Kier molecular flexibility index (Phi) is 13.6. The van der Waals surface area contributed by atoms with Gasteiger partial charge in [0.25, 0.3) is 0 Å². The minimum Gasteiger partial charge on any atom is -0.456 e. The molecule has 2 aliphatic heterocycles. The van der Waals surface area contributed by atoms with E-state index in [1.165, 1.54) is 49.5 Å². The highest BCUT2D eigenvalue weighted by Crippen LogP contribution is 2.38. The maximum atomic E-state index is 11.6. The first-order chi connectivity index (χ1) is 27.1. The molecule has 8 atom stereocenters. The summed E-state index contributed by atoms with van der Waals surface area (Å²) in [5.41, 5.74) is 2.82. The Morgan fingerprint density at radius 3 is 1.77 bits per heavy atom. The maximum Gasteiger partial charge on any atom is 0.303 e. The van der Waals surface area contributed by atoms with Gasteiger partial charge in [-0.05, 0) is 24.6 Å². The third-order valence-electron chi connectivity index (χ3n) is 8.58. The van der Waals surface area contributed by atoms with Gasteiger partial charge in [0.1, 0.15) is 56.4 Å². The predicted octanol–water partition coefficient (Wildman–Crippen LogP) is 5.52. The van der Waals surface area contributed by atoms with Gasteiger partial charge < -0.3 is 39.3 Å². The largest absolute Gasteiger partial charge is 0.456 e. The quantitative estimate of drug-likeness (QED) is 0.119. The SMILES string of the molecule is CC[C@H]1O[C@@H](n2cnc3c(Cl)cc(Cl)nc32)C(OC(C)=O)[C@@H]1OC(C)=O.Clc1cc(Cl)c2[nH]cnc2n1.OC[C@H]1O[C@@H](n2cnc3c(Cl)cc(Cl)nc32)C(O)[C@@H]1O. The minimum absolute atomic E-state index is 0.177. The number of aromatic nitrogens is 9. The Balaban J connectivity index is 0.000000156. The molecule has 0 amide bonds. The number of nitrogens with one attached hydrogen (secondary N) is 1. The van der Waals surface area contributed by atoms with Gasteiger partial charge in [-0.15, -0.1) is 0 Å². The van der Waals surface area contributed by atoms with Crippen molar-refractivity contribution in [2.24, 2.45) is 0 Å². The van der Waals surface area contributed by atoms with Crippen LogP contribution in [0.3, 0.4) is 0 Å². The topological polar surface area (TPSA) is 235 Å². The van der Waals surface area contributed by atoms with E-state index in [1.54, 1.807) is 10.6 Å². The van der Waals surface area contributed by atoms with E-state index >= 15 is 0 Å². The maximum absolute atomic E-state index is 11.6. The Morgan fingerprint density at radius 2 is 1.25 bits per heavy atom. The van der Waals surface area contributed by atoms with E-state index in [-0.39, 0.29) is 10.3 Å². The van der Waals surface area contributed by atoms with Gasteiger partial charge in [-0.1, -0.05) is 76.5 Å². The van der Waals surface area contributed by atoms with E-state index in [0.29, 0.717) is 54.6 Å². The summed E-state index contributed by atoms with van der Waals surface area (Å²) >= 11 is 35.5. The Bertz CT molecular complexity index is 2420. The molecular formula is C33H31Cl6N9O9. The molecule has 57 heavy (non-hydrogen) atoms. The number of hydrogen-bond donors (Lipinski definition) is 4. The number of imidazole rings is 3. The van der Waals surface area contributed by atoms with Crippen LogP contribution in [0.4, 0.5) is 0 Å². The van der Waals surface area contributed by atoms with Crippen LogP contribution in [0.15, 0.2) is 37.2 Å². The molecule has 2 aliphatic rings. The lowest BCUT2D eigenvalue weighted by molar-refractivity contribution is -0.165. The van der Waals surface area contributed by atoms with Gasteiger partial charge in [-0.25, -0.2) is 29.9 Å². The Morgan fingerprint density at radius 1 is 0.737 bits per heavy atom. The second-order valence-electron chi connectivity index (χ2n) is 12.4. The van der Waals surface area contributed by atoms with Crippen LogP contribution in [-0.4, -0.2) is 115 Å². The molecule has 6 aromatic heterocycles. The zero-order chi connectivity index (χ0) is 41.3. The molecule has 4 N–H and O–H groups in total. The molecule has 2 unspecified atom stereocenters. The molecule has 8 rings (SSSR count).